The molecule has 0 saturated carbocycles. The Morgan fingerprint density at radius 1 is 1.27 bits per heavy atom. The zero-order valence-corrected chi connectivity index (χ0v) is 17.3. The van der Waals surface area contributed by atoms with E-state index in [1.165, 1.54) is 0 Å². The number of ether oxygens (including phenoxy) is 1. The van der Waals surface area contributed by atoms with Gasteiger partial charge in [-0.3, -0.25) is 14.9 Å². The Morgan fingerprint density at radius 3 is 2.87 bits per heavy atom. The van der Waals surface area contributed by atoms with E-state index >= 15 is 0 Å². The second-order valence-electron chi connectivity index (χ2n) is 7.42. The number of anilines is 2. The molecular weight excluding hydrogens is 380 g/mol. The minimum Gasteiger partial charge on any atom is -0.368 e. The SMILES string of the molecule is Cc1n[nH]c(C)c1CCC(=O)N1CCO[C@@H](c2ccc(Nc3ccccn3)cn2)C1. The van der Waals surface area contributed by atoms with Gasteiger partial charge in [-0.1, -0.05) is 6.07 Å². The molecule has 3 aromatic rings. The van der Waals surface area contributed by atoms with Gasteiger partial charge in [0.05, 0.1) is 36.4 Å². The number of morpholine rings is 1. The molecule has 1 aliphatic rings. The average molecular weight is 406 g/mol. The van der Waals surface area contributed by atoms with Crippen molar-refractivity contribution in [2.75, 3.05) is 25.0 Å². The third-order valence-corrected chi connectivity index (χ3v) is 5.34. The standard InChI is InChI=1S/C22H26N6O2/c1-15-18(16(2)27-26-15)7-9-22(29)28-11-12-30-20(14-28)19-8-6-17(13-24-19)25-21-5-3-4-10-23-21/h3-6,8,10,13,20H,7,9,11-12,14H2,1-2H3,(H,23,25)(H,26,27)/t20-/m1/s1. The van der Waals surface area contributed by atoms with Crippen LogP contribution >= 0.6 is 0 Å². The molecule has 3 aromatic heterocycles. The fraction of sp³-hybridized carbons (Fsp3) is 0.364. The Kier molecular flexibility index (Phi) is 6.04. The van der Waals surface area contributed by atoms with Crippen LogP contribution in [-0.4, -0.2) is 50.7 Å². The van der Waals surface area contributed by atoms with Gasteiger partial charge in [0.2, 0.25) is 5.91 Å². The van der Waals surface area contributed by atoms with Gasteiger partial charge in [-0.2, -0.15) is 5.10 Å². The second-order valence-corrected chi connectivity index (χ2v) is 7.42. The first-order valence-corrected chi connectivity index (χ1v) is 10.1. The minimum absolute atomic E-state index is 0.136. The third kappa shape index (κ3) is 4.65. The van der Waals surface area contributed by atoms with Gasteiger partial charge in [0, 0.05) is 24.9 Å². The van der Waals surface area contributed by atoms with Crippen molar-refractivity contribution >= 4 is 17.4 Å². The lowest BCUT2D eigenvalue weighted by atomic mass is 10.1. The van der Waals surface area contributed by atoms with E-state index in [1.807, 2.05) is 49.1 Å². The molecule has 2 N–H and O–H groups in total. The number of aryl methyl sites for hydroxylation is 2. The van der Waals surface area contributed by atoms with E-state index in [4.69, 9.17) is 4.74 Å². The van der Waals surface area contributed by atoms with Crippen LogP contribution in [0.4, 0.5) is 11.5 Å². The molecule has 1 aliphatic heterocycles. The summed E-state index contributed by atoms with van der Waals surface area (Å²) in [6.45, 7) is 5.59. The van der Waals surface area contributed by atoms with Gasteiger partial charge in [0.1, 0.15) is 11.9 Å². The van der Waals surface area contributed by atoms with Crippen LogP contribution in [0, 0.1) is 13.8 Å². The van der Waals surface area contributed by atoms with Crippen molar-refractivity contribution in [2.45, 2.75) is 32.8 Å². The first-order chi connectivity index (χ1) is 14.6. The Labute approximate surface area is 175 Å². The summed E-state index contributed by atoms with van der Waals surface area (Å²) in [5.74, 6) is 0.901. The van der Waals surface area contributed by atoms with Crippen LogP contribution in [0.25, 0.3) is 0 Å². The lowest BCUT2D eigenvalue weighted by Gasteiger charge is -2.32. The molecule has 1 amide bonds. The van der Waals surface area contributed by atoms with Gasteiger partial charge >= 0.3 is 0 Å². The Morgan fingerprint density at radius 2 is 2.17 bits per heavy atom. The lowest BCUT2D eigenvalue weighted by molar-refractivity contribution is -0.139. The number of nitrogens with one attached hydrogen (secondary N) is 2. The zero-order chi connectivity index (χ0) is 20.9. The smallest absolute Gasteiger partial charge is 0.223 e. The molecule has 30 heavy (non-hydrogen) atoms. The summed E-state index contributed by atoms with van der Waals surface area (Å²) in [5, 5.41) is 10.4. The normalized spacial score (nSPS) is 16.5. The van der Waals surface area contributed by atoms with Gasteiger partial charge < -0.3 is 15.0 Å². The maximum atomic E-state index is 12.8. The topological polar surface area (TPSA) is 96.0 Å². The van der Waals surface area contributed by atoms with Crippen molar-refractivity contribution in [1.29, 1.82) is 0 Å². The quantitative estimate of drug-likeness (QED) is 0.653. The molecule has 0 aromatic carbocycles. The molecule has 0 bridgehead atoms. The number of H-pyrrole nitrogens is 1. The number of hydrogen-bond donors (Lipinski definition) is 2. The van der Waals surface area contributed by atoms with Gasteiger partial charge in [0.15, 0.2) is 0 Å². The second kappa shape index (κ2) is 9.04. The van der Waals surface area contributed by atoms with E-state index in [9.17, 15) is 4.79 Å². The fourth-order valence-corrected chi connectivity index (χ4v) is 3.64. The molecule has 1 fully saturated rings. The number of carbonyl (C=O) groups is 1. The average Bonchev–Trinajstić information content (AvgIpc) is 3.10. The number of aromatic amines is 1. The number of carbonyl (C=O) groups excluding carboxylic acids is 1. The van der Waals surface area contributed by atoms with Crippen molar-refractivity contribution in [3.05, 3.63) is 65.4 Å². The van der Waals surface area contributed by atoms with Crippen LogP contribution < -0.4 is 5.32 Å². The van der Waals surface area contributed by atoms with Crippen molar-refractivity contribution in [3.8, 4) is 0 Å². The summed E-state index contributed by atoms with van der Waals surface area (Å²) in [5.41, 5.74) is 4.80. The van der Waals surface area contributed by atoms with Gasteiger partial charge in [-0.05, 0) is 50.1 Å². The molecule has 0 unspecified atom stereocenters. The third-order valence-electron chi connectivity index (χ3n) is 5.34. The molecule has 8 nitrogen and oxygen atoms in total. The molecule has 156 valence electrons. The molecule has 4 rings (SSSR count). The predicted octanol–water partition coefficient (Wildman–Crippen LogP) is 3.09. The number of pyridine rings is 2. The van der Waals surface area contributed by atoms with Crippen molar-refractivity contribution in [3.63, 3.8) is 0 Å². The first kappa shape index (κ1) is 20.0. The highest BCUT2D eigenvalue weighted by Gasteiger charge is 2.26. The predicted molar refractivity (Wildman–Crippen MR) is 113 cm³/mol. The van der Waals surface area contributed by atoms with E-state index < -0.39 is 0 Å². The number of amides is 1. The number of nitrogens with zero attached hydrogens (tertiary/aromatic N) is 4. The van der Waals surface area contributed by atoms with Crippen molar-refractivity contribution in [1.82, 2.24) is 25.1 Å². The minimum atomic E-state index is -0.219. The number of hydrogen-bond acceptors (Lipinski definition) is 6. The van der Waals surface area contributed by atoms with Gasteiger partial charge in [-0.15, -0.1) is 0 Å². The highest BCUT2D eigenvalue weighted by atomic mass is 16.5. The highest BCUT2D eigenvalue weighted by molar-refractivity contribution is 5.76. The fourth-order valence-electron chi connectivity index (χ4n) is 3.64. The van der Waals surface area contributed by atoms with E-state index in [-0.39, 0.29) is 12.0 Å². The van der Waals surface area contributed by atoms with Crippen LogP contribution in [0.5, 0.6) is 0 Å². The molecule has 1 atom stereocenters. The number of rotatable bonds is 6. The molecule has 8 heteroatoms. The van der Waals surface area contributed by atoms with Crippen molar-refractivity contribution < 1.29 is 9.53 Å². The highest BCUT2D eigenvalue weighted by Crippen LogP contribution is 2.23. The maximum Gasteiger partial charge on any atom is 0.223 e. The summed E-state index contributed by atoms with van der Waals surface area (Å²) in [6.07, 6.45) is 4.44. The first-order valence-electron chi connectivity index (χ1n) is 10.1. The molecule has 0 radical (unpaired) electrons. The van der Waals surface area contributed by atoms with Crippen LogP contribution in [-0.2, 0) is 16.0 Å². The molecule has 0 aliphatic carbocycles. The maximum absolute atomic E-state index is 12.8. The van der Waals surface area contributed by atoms with E-state index in [2.05, 4.69) is 25.5 Å². The Balaban J connectivity index is 1.34. The van der Waals surface area contributed by atoms with Crippen LogP contribution in [0.15, 0.2) is 42.7 Å². The van der Waals surface area contributed by atoms with Gasteiger partial charge in [0.25, 0.3) is 0 Å². The molecular formula is C22H26N6O2. The summed E-state index contributed by atoms with van der Waals surface area (Å²) in [4.78, 5) is 23.4. The zero-order valence-electron chi connectivity index (χ0n) is 17.3. The largest absolute Gasteiger partial charge is 0.368 e. The Bertz CT molecular complexity index is 967. The van der Waals surface area contributed by atoms with Crippen LogP contribution in [0.2, 0.25) is 0 Å². The van der Waals surface area contributed by atoms with E-state index in [0.29, 0.717) is 32.5 Å². The molecule has 4 heterocycles. The lowest BCUT2D eigenvalue weighted by Crippen LogP contribution is -2.42. The van der Waals surface area contributed by atoms with Crippen LogP contribution in [0.3, 0.4) is 0 Å². The molecule has 1 saturated heterocycles. The summed E-state index contributed by atoms with van der Waals surface area (Å²) in [7, 11) is 0. The molecule has 0 spiro atoms. The number of aromatic nitrogens is 4. The summed E-state index contributed by atoms with van der Waals surface area (Å²) < 4.78 is 5.89. The van der Waals surface area contributed by atoms with E-state index in [1.54, 1.807) is 12.4 Å². The van der Waals surface area contributed by atoms with Crippen molar-refractivity contribution in [2.24, 2.45) is 0 Å². The summed E-state index contributed by atoms with van der Waals surface area (Å²) >= 11 is 0. The van der Waals surface area contributed by atoms with Gasteiger partial charge in [-0.25, -0.2) is 4.98 Å². The monoisotopic (exact) mass is 406 g/mol. The Hall–Kier alpha value is -3.26. The summed E-state index contributed by atoms with van der Waals surface area (Å²) in [6, 6.07) is 9.58. The van der Waals surface area contributed by atoms with Crippen LogP contribution in [0.1, 0.15) is 35.2 Å². The van der Waals surface area contributed by atoms with E-state index in [0.717, 1.165) is 34.2 Å².